The molecule has 0 radical (unpaired) electrons. The predicted octanol–water partition coefficient (Wildman–Crippen LogP) is 3.88. The van der Waals surface area contributed by atoms with Crippen molar-refractivity contribution in [1.82, 2.24) is 10.2 Å². The number of aryl methyl sites for hydroxylation is 1. The lowest BCUT2D eigenvalue weighted by atomic mass is 10.1. The van der Waals surface area contributed by atoms with E-state index in [1.807, 2.05) is 39.8 Å². The summed E-state index contributed by atoms with van der Waals surface area (Å²) >= 11 is 0. The quantitative estimate of drug-likeness (QED) is 0.531. The second kappa shape index (κ2) is 11.7. The van der Waals surface area contributed by atoms with Crippen molar-refractivity contribution in [3.05, 3.63) is 65.5 Å². The third-order valence-corrected chi connectivity index (χ3v) is 6.60. The van der Waals surface area contributed by atoms with Crippen LogP contribution in [0.1, 0.15) is 52.2 Å². The van der Waals surface area contributed by atoms with E-state index in [4.69, 9.17) is 0 Å². The molecule has 0 heterocycles. The Bertz CT molecular complexity index is 1110. The summed E-state index contributed by atoms with van der Waals surface area (Å²) in [6, 6.07) is 11.8. The molecule has 0 spiro atoms. The number of benzene rings is 2. The number of anilines is 1. The van der Waals surface area contributed by atoms with E-state index in [1.54, 1.807) is 31.2 Å². The van der Waals surface area contributed by atoms with Crippen LogP contribution in [0.15, 0.2) is 48.5 Å². The number of hydrogen-bond acceptors (Lipinski definition) is 4. The van der Waals surface area contributed by atoms with Crippen LogP contribution in [0, 0.1) is 5.82 Å². The summed E-state index contributed by atoms with van der Waals surface area (Å²) < 4.78 is 39.8. The van der Waals surface area contributed by atoms with Crippen molar-refractivity contribution in [2.75, 3.05) is 17.1 Å². The number of carbonyl (C=O) groups excluding carboxylic acids is 2. The van der Waals surface area contributed by atoms with E-state index < -0.39 is 39.9 Å². The van der Waals surface area contributed by atoms with E-state index >= 15 is 0 Å². The average Bonchev–Trinajstić information content (AvgIpc) is 2.76. The molecule has 0 aliphatic carbocycles. The van der Waals surface area contributed by atoms with Crippen LogP contribution < -0.4 is 9.62 Å². The Morgan fingerprint density at radius 2 is 1.51 bits per heavy atom. The number of nitrogens with zero attached hydrogens (tertiary/aromatic N) is 2. The van der Waals surface area contributed by atoms with E-state index in [0.717, 1.165) is 22.5 Å². The lowest BCUT2D eigenvalue weighted by Crippen LogP contribution is -2.55. The standard InChI is InChI=1S/C26H36FN3O4S/c1-7-19-11-15-22(16-12-19)30(35(6,33)34)18-24(31)29(17-20-9-13-21(27)14-10-20)23(8-2)25(32)28-26(3,4)5/h9-16,23H,7-8,17-18H2,1-6H3,(H,28,32)/t23-/m1/s1. The highest BCUT2D eigenvalue weighted by atomic mass is 32.2. The van der Waals surface area contributed by atoms with Crippen LogP contribution in [-0.2, 0) is 32.6 Å². The number of amides is 2. The summed E-state index contributed by atoms with van der Waals surface area (Å²) in [5, 5.41) is 2.90. The third-order valence-electron chi connectivity index (χ3n) is 5.46. The molecule has 9 heteroatoms. The Morgan fingerprint density at radius 3 is 1.97 bits per heavy atom. The minimum Gasteiger partial charge on any atom is -0.350 e. The smallest absolute Gasteiger partial charge is 0.244 e. The first-order chi connectivity index (χ1) is 16.2. The summed E-state index contributed by atoms with van der Waals surface area (Å²) in [7, 11) is -3.79. The molecule has 35 heavy (non-hydrogen) atoms. The highest BCUT2D eigenvalue weighted by Gasteiger charge is 2.33. The van der Waals surface area contributed by atoms with Gasteiger partial charge >= 0.3 is 0 Å². The van der Waals surface area contributed by atoms with Crippen LogP contribution in [0.5, 0.6) is 0 Å². The van der Waals surface area contributed by atoms with Crippen molar-refractivity contribution < 1.29 is 22.4 Å². The summed E-state index contributed by atoms with van der Waals surface area (Å²) in [6.07, 6.45) is 2.16. The van der Waals surface area contributed by atoms with Gasteiger partial charge in [-0.25, -0.2) is 12.8 Å². The lowest BCUT2D eigenvalue weighted by Gasteiger charge is -2.34. The molecule has 2 amide bonds. The Labute approximate surface area is 208 Å². The van der Waals surface area contributed by atoms with E-state index in [9.17, 15) is 22.4 Å². The number of nitrogens with one attached hydrogen (secondary N) is 1. The first-order valence-corrected chi connectivity index (χ1v) is 13.5. The van der Waals surface area contributed by atoms with Crippen molar-refractivity contribution in [3.63, 3.8) is 0 Å². The van der Waals surface area contributed by atoms with Gasteiger partial charge in [0.05, 0.1) is 11.9 Å². The molecule has 7 nitrogen and oxygen atoms in total. The first-order valence-electron chi connectivity index (χ1n) is 11.7. The summed E-state index contributed by atoms with van der Waals surface area (Å²) in [5.41, 5.74) is 1.51. The van der Waals surface area contributed by atoms with Gasteiger partial charge in [-0.1, -0.05) is 38.1 Å². The van der Waals surface area contributed by atoms with Gasteiger partial charge in [0.2, 0.25) is 21.8 Å². The molecule has 2 rings (SSSR count). The Kier molecular flexibility index (Phi) is 9.43. The van der Waals surface area contributed by atoms with Crippen LogP contribution in [0.3, 0.4) is 0 Å². The molecule has 1 N–H and O–H groups in total. The van der Waals surface area contributed by atoms with Gasteiger partial charge in [0, 0.05) is 12.1 Å². The van der Waals surface area contributed by atoms with Crippen molar-refractivity contribution >= 4 is 27.5 Å². The normalized spacial score (nSPS) is 12.7. The van der Waals surface area contributed by atoms with Gasteiger partial charge in [0.25, 0.3) is 0 Å². The molecule has 1 atom stereocenters. The molecule has 2 aromatic rings. The van der Waals surface area contributed by atoms with Gasteiger partial charge in [0.15, 0.2) is 0 Å². The van der Waals surface area contributed by atoms with Crippen LogP contribution in [0.4, 0.5) is 10.1 Å². The lowest BCUT2D eigenvalue weighted by molar-refractivity contribution is -0.141. The zero-order chi connectivity index (χ0) is 26.4. The molecule has 192 valence electrons. The maximum Gasteiger partial charge on any atom is 0.244 e. The first kappa shape index (κ1) is 28.3. The van der Waals surface area contributed by atoms with Crippen LogP contribution in [-0.4, -0.2) is 49.5 Å². The van der Waals surface area contributed by atoms with Gasteiger partial charge in [0.1, 0.15) is 18.4 Å². The minimum atomic E-state index is -3.79. The molecule has 0 aromatic heterocycles. The Hall–Kier alpha value is -2.94. The fourth-order valence-corrected chi connectivity index (χ4v) is 4.52. The van der Waals surface area contributed by atoms with Crippen LogP contribution in [0.25, 0.3) is 0 Å². The molecule has 2 aromatic carbocycles. The summed E-state index contributed by atoms with van der Waals surface area (Å²) in [5.74, 6) is -1.29. The molecular formula is C26H36FN3O4S. The zero-order valence-electron chi connectivity index (χ0n) is 21.3. The molecule has 0 unspecified atom stereocenters. The fourth-order valence-electron chi connectivity index (χ4n) is 3.67. The second-order valence-corrected chi connectivity index (χ2v) is 11.5. The molecule has 0 bridgehead atoms. The molecule has 0 aliphatic rings. The number of rotatable bonds is 10. The molecule has 0 saturated heterocycles. The Morgan fingerprint density at radius 1 is 0.971 bits per heavy atom. The van der Waals surface area contributed by atoms with E-state index in [0.29, 0.717) is 17.7 Å². The maximum absolute atomic E-state index is 13.6. The van der Waals surface area contributed by atoms with Crippen LogP contribution in [0.2, 0.25) is 0 Å². The Balaban J connectivity index is 2.44. The van der Waals surface area contributed by atoms with Gasteiger partial charge in [-0.2, -0.15) is 0 Å². The minimum absolute atomic E-state index is 0.0293. The zero-order valence-corrected chi connectivity index (χ0v) is 22.2. The van der Waals surface area contributed by atoms with E-state index in [2.05, 4.69) is 5.32 Å². The number of halogens is 1. The van der Waals surface area contributed by atoms with Crippen molar-refractivity contribution in [2.45, 2.75) is 65.6 Å². The molecule has 0 aliphatic heterocycles. The largest absolute Gasteiger partial charge is 0.350 e. The monoisotopic (exact) mass is 505 g/mol. The van der Waals surface area contributed by atoms with E-state index in [-0.39, 0.29) is 12.5 Å². The van der Waals surface area contributed by atoms with Gasteiger partial charge in [-0.05, 0) is 69.0 Å². The second-order valence-electron chi connectivity index (χ2n) is 9.60. The topological polar surface area (TPSA) is 86.8 Å². The summed E-state index contributed by atoms with van der Waals surface area (Å²) in [4.78, 5) is 28.1. The SMILES string of the molecule is CCc1ccc(N(CC(=O)N(Cc2ccc(F)cc2)[C@H](CC)C(=O)NC(C)(C)C)S(C)(=O)=O)cc1. The maximum atomic E-state index is 13.6. The number of carbonyl (C=O) groups is 2. The van der Waals surface area contributed by atoms with Gasteiger partial charge in [-0.3, -0.25) is 13.9 Å². The average molecular weight is 506 g/mol. The van der Waals surface area contributed by atoms with E-state index in [1.165, 1.54) is 17.0 Å². The highest BCUT2D eigenvalue weighted by molar-refractivity contribution is 7.92. The van der Waals surface area contributed by atoms with Crippen LogP contribution >= 0.6 is 0 Å². The highest BCUT2D eigenvalue weighted by Crippen LogP contribution is 2.21. The summed E-state index contributed by atoms with van der Waals surface area (Å²) in [6.45, 7) is 8.87. The fraction of sp³-hybridized carbons (Fsp3) is 0.462. The third kappa shape index (κ3) is 8.35. The number of sulfonamides is 1. The molecule has 0 fully saturated rings. The van der Waals surface area contributed by atoms with Gasteiger partial charge < -0.3 is 10.2 Å². The van der Waals surface area contributed by atoms with Crippen molar-refractivity contribution in [3.8, 4) is 0 Å². The predicted molar refractivity (Wildman–Crippen MR) is 137 cm³/mol. The molecular weight excluding hydrogens is 469 g/mol. The molecule has 0 saturated carbocycles. The van der Waals surface area contributed by atoms with Crippen molar-refractivity contribution in [1.29, 1.82) is 0 Å². The number of hydrogen-bond donors (Lipinski definition) is 1. The van der Waals surface area contributed by atoms with Gasteiger partial charge in [-0.15, -0.1) is 0 Å². The van der Waals surface area contributed by atoms with Crippen molar-refractivity contribution in [2.24, 2.45) is 0 Å².